The van der Waals surface area contributed by atoms with Gasteiger partial charge in [-0.15, -0.1) is 10.2 Å². The third-order valence-electron chi connectivity index (χ3n) is 2.11. The van der Waals surface area contributed by atoms with Gasteiger partial charge in [-0.3, -0.25) is 0 Å². The van der Waals surface area contributed by atoms with Crippen molar-refractivity contribution in [3.8, 4) is 0 Å². The first-order chi connectivity index (χ1) is 6.74. The van der Waals surface area contributed by atoms with Gasteiger partial charge in [0.2, 0.25) is 0 Å². The van der Waals surface area contributed by atoms with Crippen molar-refractivity contribution in [3.63, 3.8) is 0 Å². The van der Waals surface area contributed by atoms with Gasteiger partial charge in [-0.2, -0.15) is 0 Å². The normalized spacial score (nSPS) is 10.2. The Kier molecular flexibility index (Phi) is 4.66. The molecule has 0 unspecified atom stereocenters. The topological polar surface area (TPSA) is 29.0 Å². The van der Waals surface area contributed by atoms with Gasteiger partial charge in [-0.1, -0.05) is 31.4 Å². The highest BCUT2D eigenvalue weighted by Crippen LogP contribution is 2.10. The Morgan fingerprint density at radius 2 is 2.07 bits per heavy atom. The first kappa shape index (κ1) is 11.2. The van der Waals surface area contributed by atoms with E-state index in [0.717, 1.165) is 12.4 Å². The zero-order valence-corrected chi connectivity index (χ0v) is 9.46. The summed E-state index contributed by atoms with van der Waals surface area (Å²) in [5.74, 6) is 0.880. The molecule has 1 aromatic rings. The lowest BCUT2D eigenvalue weighted by atomic mass is 10.2. The molecule has 1 rings (SSSR count). The second-order valence-electron chi connectivity index (χ2n) is 3.34. The molecule has 0 saturated carbocycles. The van der Waals surface area contributed by atoms with Gasteiger partial charge in [0, 0.05) is 13.6 Å². The van der Waals surface area contributed by atoms with E-state index in [4.69, 9.17) is 11.6 Å². The second kappa shape index (κ2) is 5.81. The molecule has 14 heavy (non-hydrogen) atoms. The number of aromatic nitrogens is 2. The molecule has 0 bridgehead atoms. The van der Waals surface area contributed by atoms with E-state index in [1.807, 2.05) is 13.1 Å². The number of rotatable bonds is 5. The molecule has 0 amide bonds. The first-order valence-electron chi connectivity index (χ1n) is 4.94. The van der Waals surface area contributed by atoms with Crippen molar-refractivity contribution in [1.82, 2.24) is 10.2 Å². The maximum atomic E-state index is 5.65. The van der Waals surface area contributed by atoms with Crippen LogP contribution in [0.25, 0.3) is 0 Å². The third-order valence-corrected chi connectivity index (χ3v) is 2.31. The average molecular weight is 214 g/mol. The van der Waals surface area contributed by atoms with E-state index in [9.17, 15) is 0 Å². The summed E-state index contributed by atoms with van der Waals surface area (Å²) in [4.78, 5) is 2.10. The van der Waals surface area contributed by atoms with Gasteiger partial charge >= 0.3 is 0 Å². The third kappa shape index (κ3) is 3.50. The summed E-state index contributed by atoms with van der Waals surface area (Å²) in [5, 5.41) is 8.24. The minimum Gasteiger partial charge on any atom is -0.358 e. The molecule has 0 fully saturated rings. The van der Waals surface area contributed by atoms with Gasteiger partial charge in [0.25, 0.3) is 0 Å². The van der Waals surface area contributed by atoms with Gasteiger partial charge in [0.05, 0.1) is 0 Å². The molecule has 0 aromatic carbocycles. The van der Waals surface area contributed by atoms with Crippen LogP contribution in [-0.2, 0) is 0 Å². The largest absolute Gasteiger partial charge is 0.358 e. The van der Waals surface area contributed by atoms with Crippen LogP contribution in [0.5, 0.6) is 0 Å². The Bertz CT molecular complexity index is 261. The molecule has 0 aliphatic rings. The molecule has 3 nitrogen and oxygen atoms in total. The summed E-state index contributed by atoms with van der Waals surface area (Å²) < 4.78 is 0. The Morgan fingerprint density at radius 3 is 2.64 bits per heavy atom. The average Bonchev–Trinajstić information content (AvgIpc) is 2.19. The van der Waals surface area contributed by atoms with E-state index in [1.165, 1.54) is 19.3 Å². The van der Waals surface area contributed by atoms with Gasteiger partial charge in [-0.05, 0) is 18.6 Å². The fourth-order valence-corrected chi connectivity index (χ4v) is 1.33. The molecule has 0 spiro atoms. The number of anilines is 1. The van der Waals surface area contributed by atoms with Crippen LogP contribution in [-0.4, -0.2) is 23.8 Å². The molecule has 4 heteroatoms. The number of hydrogen-bond donors (Lipinski definition) is 0. The van der Waals surface area contributed by atoms with Crippen molar-refractivity contribution in [2.24, 2.45) is 0 Å². The summed E-state index contributed by atoms with van der Waals surface area (Å²) in [6, 6.07) is 3.65. The molecule has 0 aliphatic heterocycles. The molecule has 0 saturated heterocycles. The van der Waals surface area contributed by atoms with Crippen LogP contribution in [0.2, 0.25) is 5.15 Å². The molecular formula is C10H16ClN3. The van der Waals surface area contributed by atoms with E-state index < -0.39 is 0 Å². The predicted molar refractivity (Wildman–Crippen MR) is 59.8 cm³/mol. The van der Waals surface area contributed by atoms with Gasteiger partial charge in [0.15, 0.2) is 11.0 Å². The maximum absolute atomic E-state index is 5.65. The Morgan fingerprint density at radius 1 is 1.29 bits per heavy atom. The fourth-order valence-electron chi connectivity index (χ4n) is 1.23. The van der Waals surface area contributed by atoms with Gasteiger partial charge in [0.1, 0.15) is 0 Å². The second-order valence-corrected chi connectivity index (χ2v) is 3.73. The molecule has 0 atom stereocenters. The van der Waals surface area contributed by atoms with Crippen molar-refractivity contribution >= 4 is 17.4 Å². The SMILES string of the molecule is CCCCCN(C)c1ccc(Cl)nn1. The van der Waals surface area contributed by atoms with E-state index >= 15 is 0 Å². The first-order valence-corrected chi connectivity index (χ1v) is 5.32. The zero-order valence-electron chi connectivity index (χ0n) is 8.70. The van der Waals surface area contributed by atoms with Crippen LogP contribution in [0.4, 0.5) is 5.82 Å². The highest BCUT2D eigenvalue weighted by Gasteiger charge is 2.01. The molecule has 0 radical (unpaired) electrons. The maximum Gasteiger partial charge on any atom is 0.151 e. The predicted octanol–water partition coefficient (Wildman–Crippen LogP) is 2.76. The monoisotopic (exact) mass is 213 g/mol. The summed E-state index contributed by atoms with van der Waals surface area (Å²) in [5.41, 5.74) is 0. The fraction of sp³-hybridized carbons (Fsp3) is 0.600. The minimum atomic E-state index is 0.440. The zero-order chi connectivity index (χ0) is 10.4. The van der Waals surface area contributed by atoms with E-state index in [2.05, 4.69) is 22.0 Å². The lowest BCUT2D eigenvalue weighted by Gasteiger charge is -2.16. The summed E-state index contributed by atoms with van der Waals surface area (Å²) in [7, 11) is 2.02. The van der Waals surface area contributed by atoms with Crippen molar-refractivity contribution in [2.75, 3.05) is 18.5 Å². The quantitative estimate of drug-likeness (QED) is 0.705. The Balaban J connectivity index is 2.43. The van der Waals surface area contributed by atoms with Gasteiger partial charge < -0.3 is 4.90 Å². The van der Waals surface area contributed by atoms with Crippen molar-refractivity contribution in [3.05, 3.63) is 17.3 Å². The van der Waals surface area contributed by atoms with Gasteiger partial charge in [-0.25, -0.2) is 0 Å². The minimum absolute atomic E-state index is 0.440. The Labute approximate surface area is 90.1 Å². The van der Waals surface area contributed by atoms with Crippen LogP contribution in [0.1, 0.15) is 26.2 Å². The summed E-state index contributed by atoms with van der Waals surface area (Å²) in [6.07, 6.45) is 3.68. The van der Waals surface area contributed by atoms with E-state index in [-0.39, 0.29) is 0 Å². The smallest absolute Gasteiger partial charge is 0.151 e. The number of halogens is 1. The lowest BCUT2D eigenvalue weighted by Crippen LogP contribution is -2.19. The number of hydrogen-bond acceptors (Lipinski definition) is 3. The summed E-state index contributed by atoms with van der Waals surface area (Å²) in [6.45, 7) is 3.21. The van der Waals surface area contributed by atoms with Crippen molar-refractivity contribution < 1.29 is 0 Å². The van der Waals surface area contributed by atoms with E-state index in [1.54, 1.807) is 6.07 Å². The summed E-state index contributed by atoms with van der Waals surface area (Å²) >= 11 is 5.65. The number of unbranched alkanes of at least 4 members (excludes halogenated alkanes) is 2. The molecule has 1 aromatic heterocycles. The van der Waals surface area contributed by atoms with Crippen LogP contribution >= 0.6 is 11.6 Å². The highest BCUT2D eigenvalue weighted by molar-refractivity contribution is 6.29. The molecule has 78 valence electrons. The standard InChI is InChI=1S/C10H16ClN3/c1-3-4-5-8-14(2)10-7-6-9(11)12-13-10/h6-7H,3-5,8H2,1-2H3. The molecule has 1 heterocycles. The molecule has 0 aliphatic carbocycles. The van der Waals surface area contributed by atoms with Crippen LogP contribution in [0.3, 0.4) is 0 Å². The molecule has 0 N–H and O–H groups in total. The van der Waals surface area contributed by atoms with Crippen LogP contribution < -0.4 is 4.90 Å². The van der Waals surface area contributed by atoms with E-state index in [0.29, 0.717) is 5.15 Å². The Hall–Kier alpha value is -0.830. The lowest BCUT2D eigenvalue weighted by molar-refractivity contribution is 0.698. The number of nitrogens with zero attached hydrogens (tertiary/aromatic N) is 3. The van der Waals surface area contributed by atoms with Crippen molar-refractivity contribution in [1.29, 1.82) is 0 Å². The van der Waals surface area contributed by atoms with Crippen LogP contribution in [0, 0.1) is 0 Å². The highest BCUT2D eigenvalue weighted by atomic mass is 35.5. The van der Waals surface area contributed by atoms with Crippen molar-refractivity contribution in [2.45, 2.75) is 26.2 Å². The van der Waals surface area contributed by atoms with Crippen LogP contribution in [0.15, 0.2) is 12.1 Å². The molecular weight excluding hydrogens is 198 g/mol.